The summed E-state index contributed by atoms with van der Waals surface area (Å²) in [5, 5.41) is 0. The molecule has 1 saturated heterocycles. The molecule has 1 saturated carbocycles. The van der Waals surface area contributed by atoms with Crippen LogP contribution in [0.15, 0.2) is 18.3 Å². The summed E-state index contributed by atoms with van der Waals surface area (Å²) in [6.07, 6.45) is 7.45. The summed E-state index contributed by atoms with van der Waals surface area (Å²) >= 11 is 0. The minimum atomic E-state index is 0.239. The van der Waals surface area contributed by atoms with E-state index >= 15 is 0 Å². The van der Waals surface area contributed by atoms with Gasteiger partial charge in [-0.3, -0.25) is 4.90 Å². The van der Waals surface area contributed by atoms with Crippen LogP contribution >= 0.6 is 0 Å². The van der Waals surface area contributed by atoms with Crippen LogP contribution < -0.4 is 4.90 Å². The van der Waals surface area contributed by atoms with E-state index in [9.17, 15) is 0 Å². The number of nitrogens with zero attached hydrogens (tertiary/aromatic N) is 3. The topological polar surface area (TPSA) is 19.4 Å². The second-order valence-corrected chi connectivity index (χ2v) is 7.77. The van der Waals surface area contributed by atoms with Gasteiger partial charge in [-0.15, -0.1) is 0 Å². The van der Waals surface area contributed by atoms with E-state index in [1.165, 1.54) is 50.9 Å². The number of anilines is 1. The first-order chi connectivity index (χ1) is 10.6. The van der Waals surface area contributed by atoms with Crippen LogP contribution in [0.1, 0.15) is 52.0 Å². The Bertz CT molecular complexity index is 468. The summed E-state index contributed by atoms with van der Waals surface area (Å²) in [4.78, 5) is 9.83. The first-order valence-electron chi connectivity index (χ1n) is 9.02. The van der Waals surface area contributed by atoms with Gasteiger partial charge < -0.3 is 4.90 Å². The Hall–Kier alpha value is -1.09. The Kier molecular flexibility index (Phi) is 4.72. The van der Waals surface area contributed by atoms with Gasteiger partial charge in [0.25, 0.3) is 0 Å². The maximum atomic E-state index is 4.76. The molecule has 1 aromatic heterocycles. The highest BCUT2D eigenvalue weighted by Crippen LogP contribution is 2.31. The highest BCUT2D eigenvalue weighted by Gasteiger charge is 2.27. The summed E-state index contributed by atoms with van der Waals surface area (Å²) in [5.41, 5.74) is 1.61. The number of hydrogen-bond donors (Lipinski definition) is 0. The zero-order chi connectivity index (χ0) is 15.6. The van der Waals surface area contributed by atoms with Crippen molar-refractivity contribution in [2.24, 2.45) is 5.92 Å². The van der Waals surface area contributed by atoms with E-state index in [-0.39, 0.29) is 5.41 Å². The Balaban J connectivity index is 1.56. The third-order valence-electron chi connectivity index (χ3n) is 5.31. The summed E-state index contributed by atoms with van der Waals surface area (Å²) in [7, 11) is 0. The zero-order valence-electron chi connectivity index (χ0n) is 14.5. The SMILES string of the molecule is CCCC(C)(C)c1ccc(N2CCN(CC3CC3)CC2)nc1. The third-order valence-corrected chi connectivity index (χ3v) is 5.31. The Morgan fingerprint density at radius 1 is 1.14 bits per heavy atom. The van der Waals surface area contributed by atoms with E-state index < -0.39 is 0 Å². The maximum Gasteiger partial charge on any atom is 0.128 e. The maximum absolute atomic E-state index is 4.76. The molecule has 3 rings (SSSR count). The fourth-order valence-electron chi connectivity index (χ4n) is 3.57. The quantitative estimate of drug-likeness (QED) is 0.799. The zero-order valence-corrected chi connectivity index (χ0v) is 14.5. The summed E-state index contributed by atoms with van der Waals surface area (Å²) in [5.74, 6) is 2.16. The van der Waals surface area contributed by atoms with Gasteiger partial charge in [0.2, 0.25) is 0 Å². The minimum Gasteiger partial charge on any atom is -0.354 e. The van der Waals surface area contributed by atoms with E-state index in [0.717, 1.165) is 24.8 Å². The van der Waals surface area contributed by atoms with E-state index in [2.05, 4.69) is 48.9 Å². The lowest BCUT2D eigenvalue weighted by atomic mass is 9.82. The van der Waals surface area contributed by atoms with Crippen molar-refractivity contribution in [3.63, 3.8) is 0 Å². The monoisotopic (exact) mass is 301 g/mol. The number of hydrogen-bond acceptors (Lipinski definition) is 3. The predicted molar refractivity (Wildman–Crippen MR) is 93.5 cm³/mol. The Morgan fingerprint density at radius 2 is 1.86 bits per heavy atom. The number of piperazine rings is 1. The van der Waals surface area contributed by atoms with Crippen molar-refractivity contribution >= 4 is 5.82 Å². The summed E-state index contributed by atoms with van der Waals surface area (Å²) in [6, 6.07) is 4.51. The van der Waals surface area contributed by atoms with Crippen molar-refractivity contribution in [2.45, 2.75) is 51.9 Å². The number of rotatable bonds is 6. The molecule has 0 radical (unpaired) electrons. The normalized spacial score (nSPS) is 20.4. The molecule has 2 aliphatic rings. The van der Waals surface area contributed by atoms with Gasteiger partial charge in [-0.25, -0.2) is 4.98 Å². The molecule has 2 fully saturated rings. The standard InChI is InChI=1S/C19H31N3/c1-4-9-19(2,3)17-7-8-18(20-14-17)22-12-10-21(11-13-22)15-16-5-6-16/h7-8,14,16H,4-6,9-13,15H2,1-3H3. The average molecular weight is 301 g/mol. The Labute approximate surface area is 135 Å². The molecule has 0 N–H and O–H groups in total. The molecule has 0 bridgehead atoms. The molecule has 0 spiro atoms. The van der Waals surface area contributed by atoms with Crippen LogP contribution in [-0.2, 0) is 5.41 Å². The smallest absolute Gasteiger partial charge is 0.128 e. The van der Waals surface area contributed by atoms with Crippen molar-refractivity contribution in [2.75, 3.05) is 37.6 Å². The highest BCUT2D eigenvalue weighted by atomic mass is 15.3. The van der Waals surface area contributed by atoms with Crippen molar-refractivity contribution < 1.29 is 0 Å². The fourth-order valence-corrected chi connectivity index (χ4v) is 3.57. The van der Waals surface area contributed by atoms with Gasteiger partial charge >= 0.3 is 0 Å². The second-order valence-electron chi connectivity index (χ2n) is 7.77. The lowest BCUT2D eigenvalue weighted by Gasteiger charge is -2.35. The van der Waals surface area contributed by atoms with Gasteiger partial charge in [0.05, 0.1) is 0 Å². The molecule has 1 aliphatic heterocycles. The first-order valence-corrected chi connectivity index (χ1v) is 9.02. The fraction of sp³-hybridized carbons (Fsp3) is 0.737. The average Bonchev–Trinajstić information content (AvgIpc) is 3.32. The van der Waals surface area contributed by atoms with Crippen LogP contribution in [0, 0.1) is 5.92 Å². The van der Waals surface area contributed by atoms with Crippen LogP contribution in [0.2, 0.25) is 0 Å². The highest BCUT2D eigenvalue weighted by molar-refractivity contribution is 5.41. The van der Waals surface area contributed by atoms with E-state index in [1.807, 2.05) is 0 Å². The molecule has 0 amide bonds. The van der Waals surface area contributed by atoms with Crippen molar-refractivity contribution in [1.82, 2.24) is 9.88 Å². The van der Waals surface area contributed by atoms with Crippen LogP contribution in [0.5, 0.6) is 0 Å². The Morgan fingerprint density at radius 3 is 2.41 bits per heavy atom. The molecular weight excluding hydrogens is 270 g/mol. The van der Waals surface area contributed by atoms with Crippen LogP contribution in [0.25, 0.3) is 0 Å². The van der Waals surface area contributed by atoms with E-state index in [4.69, 9.17) is 4.98 Å². The van der Waals surface area contributed by atoms with E-state index in [1.54, 1.807) is 0 Å². The molecular formula is C19H31N3. The van der Waals surface area contributed by atoms with Gasteiger partial charge in [-0.05, 0) is 42.2 Å². The van der Waals surface area contributed by atoms with E-state index in [0.29, 0.717) is 0 Å². The van der Waals surface area contributed by atoms with Gasteiger partial charge in [0, 0.05) is 38.9 Å². The van der Waals surface area contributed by atoms with Crippen LogP contribution in [-0.4, -0.2) is 42.6 Å². The molecule has 22 heavy (non-hydrogen) atoms. The van der Waals surface area contributed by atoms with Gasteiger partial charge in [0.1, 0.15) is 5.82 Å². The number of pyridine rings is 1. The predicted octanol–water partition coefficient (Wildman–Crippen LogP) is 3.69. The molecule has 0 atom stereocenters. The van der Waals surface area contributed by atoms with Gasteiger partial charge in [-0.1, -0.05) is 33.3 Å². The molecule has 0 unspecified atom stereocenters. The molecule has 3 nitrogen and oxygen atoms in total. The second kappa shape index (κ2) is 6.57. The molecule has 1 aliphatic carbocycles. The first kappa shape index (κ1) is 15.8. The largest absolute Gasteiger partial charge is 0.354 e. The van der Waals surface area contributed by atoms with Crippen molar-refractivity contribution in [1.29, 1.82) is 0 Å². The third kappa shape index (κ3) is 3.81. The molecule has 2 heterocycles. The summed E-state index contributed by atoms with van der Waals surface area (Å²) < 4.78 is 0. The lowest BCUT2D eigenvalue weighted by Crippen LogP contribution is -2.47. The van der Waals surface area contributed by atoms with Crippen LogP contribution in [0.3, 0.4) is 0 Å². The van der Waals surface area contributed by atoms with Gasteiger partial charge in [0.15, 0.2) is 0 Å². The lowest BCUT2D eigenvalue weighted by molar-refractivity contribution is 0.247. The summed E-state index contributed by atoms with van der Waals surface area (Å²) in [6.45, 7) is 12.9. The van der Waals surface area contributed by atoms with Gasteiger partial charge in [-0.2, -0.15) is 0 Å². The minimum absolute atomic E-state index is 0.239. The van der Waals surface area contributed by atoms with Crippen LogP contribution in [0.4, 0.5) is 5.82 Å². The molecule has 0 aromatic carbocycles. The molecule has 1 aromatic rings. The number of aromatic nitrogens is 1. The molecule has 3 heteroatoms. The van der Waals surface area contributed by atoms with Crippen molar-refractivity contribution in [3.05, 3.63) is 23.9 Å². The van der Waals surface area contributed by atoms with Crippen molar-refractivity contribution in [3.8, 4) is 0 Å². The molecule has 122 valence electrons.